The van der Waals surface area contributed by atoms with Crippen molar-refractivity contribution in [2.24, 2.45) is 5.92 Å². The summed E-state index contributed by atoms with van der Waals surface area (Å²) in [6.07, 6.45) is 5.73. The van der Waals surface area contributed by atoms with Crippen molar-refractivity contribution in [3.05, 3.63) is 48.3 Å². The zero-order valence-corrected chi connectivity index (χ0v) is 16.2. The molecule has 0 spiro atoms. The third-order valence-corrected chi connectivity index (χ3v) is 4.83. The normalized spacial score (nSPS) is 17.5. The Morgan fingerprint density at radius 3 is 2.70 bits per heavy atom. The molecule has 0 bridgehead atoms. The molecular formula is C22H28N2O3. The molecule has 5 heteroatoms. The number of esters is 1. The van der Waals surface area contributed by atoms with Gasteiger partial charge >= 0.3 is 5.97 Å². The molecule has 0 aliphatic carbocycles. The van der Waals surface area contributed by atoms with E-state index in [0.29, 0.717) is 13.2 Å². The highest BCUT2D eigenvalue weighted by molar-refractivity contribution is 5.72. The first-order chi connectivity index (χ1) is 13.2. The van der Waals surface area contributed by atoms with E-state index in [0.717, 1.165) is 54.9 Å². The second-order valence-corrected chi connectivity index (χ2v) is 6.87. The monoisotopic (exact) mass is 368 g/mol. The molecule has 1 atom stereocenters. The number of hydrogen-bond donors (Lipinski definition) is 0. The molecule has 144 valence electrons. The van der Waals surface area contributed by atoms with Crippen LogP contribution in [0.5, 0.6) is 5.75 Å². The highest BCUT2D eigenvalue weighted by Gasteiger charge is 2.26. The molecule has 0 saturated carbocycles. The average molecular weight is 368 g/mol. The van der Waals surface area contributed by atoms with Crippen LogP contribution in [0.4, 0.5) is 0 Å². The number of pyridine rings is 1. The second-order valence-electron chi connectivity index (χ2n) is 6.87. The lowest BCUT2D eigenvalue weighted by Crippen LogP contribution is -2.38. The molecule has 0 unspecified atom stereocenters. The number of carbonyl (C=O) groups excluding carboxylic acids is 1. The Hall–Kier alpha value is -2.40. The molecule has 1 aromatic carbocycles. The first-order valence-electron chi connectivity index (χ1n) is 9.75. The van der Waals surface area contributed by atoms with Crippen LogP contribution in [-0.2, 0) is 16.1 Å². The van der Waals surface area contributed by atoms with E-state index in [4.69, 9.17) is 9.47 Å². The third kappa shape index (κ3) is 5.30. The number of benzene rings is 1. The minimum absolute atomic E-state index is 0.0130. The Balaban J connectivity index is 1.66. The molecule has 2 aromatic rings. The molecular weight excluding hydrogens is 340 g/mol. The summed E-state index contributed by atoms with van der Waals surface area (Å²) < 4.78 is 10.7. The number of rotatable bonds is 7. The third-order valence-electron chi connectivity index (χ3n) is 4.83. The summed E-state index contributed by atoms with van der Waals surface area (Å²) >= 11 is 0. The number of carbonyl (C=O) groups is 1. The topological polar surface area (TPSA) is 51.7 Å². The van der Waals surface area contributed by atoms with Crippen molar-refractivity contribution in [2.75, 3.05) is 26.3 Å². The van der Waals surface area contributed by atoms with Gasteiger partial charge in [0.05, 0.1) is 19.1 Å². The number of aromatic nitrogens is 1. The first-order valence-corrected chi connectivity index (χ1v) is 9.75. The lowest BCUT2D eigenvalue weighted by molar-refractivity contribution is -0.150. The molecule has 0 radical (unpaired) electrons. The van der Waals surface area contributed by atoms with Crippen LogP contribution in [0.25, 0.3) is 11.1 Å². The summed E-state index contributed by atoms with van der Waals surface area (Å²) in [5, 5.41) is 0. The molecule has 0 amide bonds. The van der Waals surface area contributed by atoms with Gasteiger partial charge in [-0.05, 0) is 62.6 Å². The second kappa shape index (κ2) is 9.51. The zero-order chi connectivity index (χ0) is 19.1. The van der Waals surface area contributed by atoms with E-state index < -0.39 is 0 Å². The van der Waals surface area contributed by atoms with Crippen LogP contribution in [-0.4, -0.2) is 42.2 Å². The minimum Gasteiger partial charge on any atom is -0.494 e. The van der Waals surface area contributed by atoms with Gasteiger partial charge < -0.3 is 9.47 Å². The van der Waals surface area contributed by atoms with Crippen molar-refractivity contribution in [1.29, 1.82) is 0 Å². The Morgan fingerprint density at radius 2 is 1.96 bits per heavy atom. The summed E-state index contributed by atoms with van der Waals surface area (Å²) in [4.78, 5) is 18.8. The molecule has 0 N–H and O–H groups in total. The molecule has 1 aliphatic rings. The van der Waals surface area contributed by atoms with E-state index in [1.165, 1.54) is 0 Å². The molecule has 1 aliphatic heterocycles. The highest BCUT2D eigenvalue weighted by Crippen LogP contribution is 2.24. The van der Waals surface area contributed by atoms with Gasteiger partial charge in [-0.2, -0.15) is 0 Å². The fraction of sp³-hybridized carbons (Fsp3) is 0.455. The SMILES string of the molecule is CCOC(=O)[C@H]1CCCN(Cc2cncc(-c3ccc(OCC)cc3)c2)C1. The van der Waals surface area contributed by atoms with E-state index in [2.05, 4.69) is 28.1 Å². The highest BCUT2D eigenvalue weighted by atomic mass is 16.5. The van der Waals surface area contributed by atoms with Gasteiger partial charge in [0.1, 0.15) is 5.75 Å². The number of hydrogen-bond acceptors (Lipinski definition) is 5. The van der Waals surface area contributed by atoms with E-state index in [1.807, 2.05) is 38.4 Å². The van der Waals surface area contributed by atoms with Crippen molar-refractivity contribution in [3.8, 4) is 16.9 Å². The molecule has 5 nitrogen and oxygen atoms in total. The fourth-order valence-corrected chi connectivity index (χ4v) is 3.55. The lowest BCUT2D eigenvalue weighted by atomic mass is 9.97. The maximum atomic E-state index is 12.0. The Labute approximate surface area is 161 Å². The van der Waals surface area contributed by atoms with Crippen LogP contribution in [0.15, 0.2) is 42.7 Å². The summed E-state index contributed by atoms with van der Waals surface area (Å²) in [5.74, 6) is 0.799. The Kier molecular flexibility index (Phi) is 6.82. The quantitative estimate of drug-likeness (QED) is 0.693. The number of ether oxygens (including phenoxy) is 2. The van der Waals surface area contributed by atoms with Crippen molar-refractivity contribution in [2.45, 2.75) is 33.2 Å². The first kappa shape index (κ1) is 19.4. The van der Waals surface area contributed by atoms with Gasteiger partial charge in [0.15, 0.2) is 0 Å². The zero-order valence-electron chi connectivity index (χ0n) is 16.2. The van der Waals surface area contributed by atoms with Gasteiger partial charge in [-0.3, -0.25) is 14.7 Å². The number of likely N-dealkylation sites (tertiary alicyclic amines) is 1. The fourth-order valence-electron chi connectivity index (χ4n) is 3.55. The number of nitrogens with zero attached hydrogens (tertiary/aromatic N) is 2. The van der Waals surface area contributed by atoms with Crippen molar-refractivity contribution in [3.63, 3.8) is 0 Å². The molecule has 27 heavy (non-hydrogen) atoms. The smallest absolute Gasteiger partial charge is 0.310 e. The van der Waals surface area contributed by atoms with E-state index in [1.54, 1.807) is 0 Å². The van der Waals surface area contributed by atoms with Crippen molar-refractivity contribution >= 4 is 5.97 Å². The van der Waals surface area contributed by atoms with Crippen LogP contribution < -0.4 is 4.74 Å². The van der Waals surface area contributed by atoms with Crippen molar-refractivity contribution < 1.29 is 14.3 Å². The van der Waals surface area contributed by atoms with Crippen LogP contribution in [0, 0.1) is 5.92 Å². The van der Waals surface area contributed by atoms with Gasteiger partial charge in [0.25, 0.3) is 0 Å². The standard InChI is InChI=1S/C22H28N2O3/c1-3-26-21-9-7-18(8-10-21)20-12-17(13-23-14-20)15-24-11-5-6-19(16-24)22(25)27-4-2/h7-10,12-14,19H,3-6,11,15-16H2,1-2H3/t19-/m0/s1. The van der Waals surface area contributed by atoms with Gasteiger partial charge in [0, 0.05) is 31.0 Å². The average Bonchev–Trinajstić information content (AvgIpc) is 2.69. The van der Waals surface area contributed by atoms with Gasteiger partial charge in [-0.25, -0.2) is 0 Å². The number of piperidine rings is 1. The van der Waals surface area contributed by atoms with Gasteiger partial charge in [-0.1, -0.05) is 12.1 Å². The molecule has 2 heterocycles. The summed E-state index contributed by atoms with van der Waals surface area (Å²) in [6, 6.07) is 10.3. The maximum absolute atomic E-state index is 12.0. The predicted molar refractivity (Wildman–Crippen MR) is 105 cm³/mol. The maximum Gasteiger partial charge on any atom is 0.310 e. The van der Waals surface area contributed by atoms with Crippen LogP contribution in [0.3, 0.4) is 0 Å². The Bertz CT molecular complexity index is 745. The lowest BCUT2D eigenvalue weighted by Gasteiger charge is -2.31. The van der Waals surface area contributed by atoms with Crippen LogP contribution in [0.2, 0.25) is 0 Å². The van der Waals surface area contributed by atoms with E-state index >= 15 is 0 Å². The summed E-state index contributed by atoms with van der Waals surface area (Å²) in [6.45, 7) is 7.51. The Morgan fingerprint density at radius 1 is 1.15 bits per heavy atom. The van der Waals surface area contributed by atoms with E-state index in [-0.39, 0.29) is 11.9 Å². The largest absolute Gasteiger partial charge is 0.494 e. The van der Waals surface area contributed by atoms with E-state index in [9.17, 15) is 4.79 Å². The molecule has 1 saturated heterocycles. The van der Waals surface area contributed by atoms with Gasteiger partial charge in [0.2, 0.25) is 0 Å². The van der Waals surface area contributed by atoms with Gasteiger partial charge in [-0.15, -0.1) is 0 Å². The predicted octanol–water partition coefficient (Wildman–Crippen LogP) is 3.92. The summed E-state index contributed by atoms with van der Waals surface area (Å²) in [7, 11) is 0. The molecule has 1 fully saturated rings. The van der Waals surface area contributed by atoms with Crippen LogP contribution >= 0.6 is 0 Å². The van der Waals surface area contributed by atoms with Crippen molar-refractivity contribution in [1.82, 2.24) is 9.88 Å². The molecule has 1 aromatic heterocycles. The minimum atomic E-state index is -0.0662. The molecule has 3 rings (SSSR count). The van der Waals surface area contributed by atoms with Crippen LogP contribution in [0.1, 0.15) is 32.3 Å². The summed E-state index contributed by atoms with van der Waals surface area (Å²) in [5.41, 5.74) is 3.37.